The largest absolute Gasteiger partial charge is 0.492 e. The van der Waals surface area contributed by atoms with Gasteiger partial charge >= 0.3 is 0 Å². The number of hydrogen-bond donors (Lipinski definition) is 2. The first-order valence-electron chi connectivity index (χ1n) is 8.21. The van der Waals surface area contributed by atoms with Crippen LogP contribution in [0, 0.1) is 0 Å². The lowest BCUT2D eigenvalue weighted by Crippen LogP contribution is -2.25. The minimum absolute atomic E-state index is 0.148. The minimum atomic E-state index is -0.148. The Labute approximate surface area is 151 Å². The maximum Gasteiger partial charge on any atom is 0.251 e. The van der Waals surface area contributed by atoms with Crippen LogP contribution in [0.1, 0.15) is 16.8 Å². The van der Waals surface area contributed by atoms with Crippen molar-refractivity contribution in [3.05, 3.63) is 66.7 Å². The van der Waals surface area contributed by atoms with Gasteiger partial charge in [-0.25, -0.2) is 4.98 Å². The molecule has 0 aliphatic carbocycles. The summed E-state index contributed by atoms with van der Waals surface area (Å²) >= 11 is 0. The maximum absolute atomic E-state index is 12.3. The summed E-state index contributed by atoms with van der Waals surface area (Å²) in [5.41, 5.74) is 7.64. The molecule has 7 nitrogen and oxygen atoms in total. The zero-order valence-corrected chi connectivity index (χ0v) is 14.1. The van der Waals surface area contributed by atoms with Crippen LogP contribution < -0.4 is 15.8 Å². The van der Waals surface area contributed by atoms with Gasteiger partial charge in [0.1, 0.15) is 11.6 Å². The third-order valence-electron chi connectivity index (χ3n) is 3.58. The molecule has 3 N–H and O–H groups in total. The highest BCUT2D eigenvalue weighted by Crippen LogP contribution is 2.18. The lowest BCUT2D eigenvalue weighted by atomic mass is 10.1. The third kappa shape index (κ3) is 4.76. The number of nitrogen functional groups attached to an aromatic ring is 1. The van der Waals surface area contributed by atoms with Gasteiger partial charge in [-0.1, -0.05) is 12.1 Å². The van der Waals surface area contributed by atoms with Crippen molar-refractivity contribution in [2.75, 3.05) is 18.9 Å². The number of carbonyl (C=O) groups excluding carboxylic acids is 1. The fourth-order valence-electron chi connectivity index (χ4n) is 2.34. The van der Waals surface area contributed by atoms with Crippen molar-refractivity contribution in [1.82, 2.24) is 20.3 Å². The smallest absolute Gasteiger partial charge is 0.251 e. The molecule has 26 heavy (non-hydrogen) atoms. The van der Waals surface area contributed by atoms with Crippen molar-refractivity contribution in [1.29, 1.82) is 0 Å². The number of aromatic nitrogens is 3. The number of nitrogens with one attached hydrogen (secondary N) is 1. The average Bonchev–Trinajstić information content (AvgIpc) is 2.68. The van der Waals surface area contributed by atoms with Crippen LogP contribution in [-0.4, -0.2) is 34.0 Å². The van der Waals surface area contributed by atoms with E-state index in [9.17, 15) is 4.79 Å². The van der Waals surface area contributed by atoms with Gasteiger partial charge in [-0.3, -0.25) is 14.8 Å². The molecule has 1 amide bonds. The SMILES string of the molecule is Nc1cncc(-c2cccc(C(=O)NCCCOc3cccnc3)c2)n1. The number of ether oxygens (including phenoxy) is 1. The molecule has 0 radical (unpaired) electrons. The molecule has 0 saturated heterocycles. The zero-order valence-electron chi connectivity index (χ0n) is 14.1. The van der Waals surface area contributed by atoms with E-state index in [-0.39, 0.29) is 5.91 Å². The number of nitrogens with two attached hydrogens (primary N) is 1. The molecule has 3 rings (SSSR count). The van der Waals surface area contributed by atoms with Crippen molar-refractivity contribution in [3.63, 3.8) is 0 Å². The molecule has 0 aliphatic heterocycles. The summed E-state index contributed by atoms with van der Waals surface area (Å²) in [7, 11) is 0. The molecule has 2 heterocycles. The molecule has 0 saturated carbocycles. The van der Waals surface area contributed by atoms with E-state index in [0.717, 1.165) is 11.3 Å². The van der Waals surface area contributed by atoms with Crippen molar-refractivity contribution in [3.8, 4) is 17.0 Å². The predicted molar refractivity (Wildman–Crippen MR) is 98.6 cm³/mol. The quantitative estimate of drug-likeness (QED) is 0.635. The van der Waals surface area contributed by atoms with Gasteiger partial charge in [0, 0.05) is 23.9 Å². The molecule has 0 spiro atoms. The van der Waals surface area contributed by atoms with Crippen LogP contribution in [0.5, 0.6) is 5.75 Å². The van der Waals surface area contributed by atoms with E-state index < -0.39 is 0 Å². The number of pyridine rings is 1. The van der Waals surface area contributed by atoms with Crippen molar-refractivity contribution in [2.45, 2.75) is 6.42 Å². The second-order valence-electron chi connectivity index (χ2n) is 5.56. The van der Waals surface area contributed by atoms with Crippen LogP contribution in [0.15, 0.2) is 61.2 Å². The number of benzene rings is 1. The van der Waals surface area contributed by atoms with E-state index in [0.29, 0.717) is 36.6 Å². The molecule has 0 fully saturated rings. The van der Waals surface area contributed by atoms with Crippen molar-refractivity contribution >= 4 is 11.7 Å². The summed E-state index contributed by atoms with van der Waals surface area (Å²) in [6.07, 6.45) is 7.14. The Bertz CT molecular complexity index is 871. The van der Waals surface area contributed by atoms with E-state index in [4.69, 9.17) is 10.5 Å². The van der Waals surface area contributed by atoms with Gasteiger partial charge in [-0.05, 0) is 30.7 Å². The van der Waals surface area contributed by atoms with E-state index in [1.165, 1.54) is 6.20 Å². The van der Waals surface area contributed by atoms with Gasteiger partial charge in [0.2, 0.25) is 0 Å². The standard InChI is InChI=1S/C19H19N5O2/c20-18-13-22-12-17(24-18)14-4-1-5-15(10-14)19(25)23-8-3-9-26-16-6-2-7-21-11-16/h1-2,4-7,10-13H,3,8-9H2,(H2,20,24)(H,23,25). The van der Waals surface area contributed by atoms with Crippen LogP contribution in [0.4, 0.5) is 5.82 Å². The number of nitrogens with zero attached hydrogens (tertiary/aromatic N) is 3. The summed E-state index contributed by atoms with van der Waals surface area (Å²) in [6.45, 7) is 1.02. The van der Waals surface area contributed by atoms with Crippen LogP contribution >= 0.6 is 0 Å². The zero-order chi connectivity index (χ0) is 18.2. The second kappa shape index (κ2) is 8.57. The lowest BCUT2D eigenvalue weighted by Gasteiger charge is -2.08. The van der Waals surface area contributed by atoms with Crippen molar-refractivity contribution in [2.24, 2.45) is 0 Å². The minimum Gasteiger partial charge on any atom is -0.492 e. The first-order valence-corrected chi connectivity index (χ1v) is 8.21. The summed E-state index contributed by atoms with van der Waals surface area (Å²) in [5, 5.41) is 2.88. The van der Waals surface area contributed by atoms with Gasteiger partial charge in [-0.2, -0.15) is 0 Å². The first kappa shape index (κ1) is 17.3. The fourth-order valence-corrected chi connectivity index (χ4v) is 2.34. The highest BCUT2D eigenvalue weighted by molar-refractivity contribution is 5.95. The second-order valence-corrected chi connectivity index (χ2v) is 5.56. The van der Waals surface area contributed by atoms with E-state index >= 15 is 0 Å². The monoisotopic (exact) mass is 349 g/mol. The lowest BCUT2D eigenvalue weighted by molar-refractivity contribution is 0.0951. The summed E-state index contributed by atoms with van der Waals surface area (Å²) in [6, 6.07) is 10.9. The Balaban J connectivity index is 1.51. The molecule has 0 aliphatic rings. The molecule has 0 bridgehead atoms. The van der Waals surface area contributed by atoms with E-state index in [1.807, 2.05) is 18.2 Å². The first-order chi connectivity index (χ1) is 12.7. The number of anilines is 1. The maximum atomic E-state index is 12.3. The highest BCUT2D eigenvalue weighted by Gasteiger charge is 2.08. The summed E-state index contributed by atoms with van der Waals surface area (Å²) < 4.78 is 5.54. The number of rotatable bonds is 7. The normalized spacial score (nSPS) is 10.3. The van der Waals surface area contributed by atoms with Gasteiger partial charge in [-0.15, -0.1) is 0 Å². The average molecular weight is 349 g/mol. The Morgan fingerprint density at radius 2 is 2.04 bits per heavy atom. The number of amides is 1. The van der Waals surface area contributed by atoms with E-state index in [2.05, 4.69) is 20.3 Å². The molecule has 2 aromatic heterocycles. The van der Waals surface area contributed by atoms with Gasteiger partial charge < -0.3 is 15.8 Å². The topological polar surface area (TPSA) is 103 Å². The fraction of sp³-hybridized carbons (Fsp3) is 0.158. The van der Waals surface area contributed by atoms with Crippen LogP contribution in [0.25, 0.3) is 11.3 Å². The Hall–Kier alpha value is -3.48. The predicted octanol–water partition coefficient (Wildman–Crippen LogP) is 2.32. The number of carbonyl (C=O) groups is 1. The molecule has 0 unspecified atom stereocenters. The molecule has 0 atom stereocenters. The molecule has 3 aromatic rings. The molecule has 7 heteroatoms. The third-order valence-corrected chi connectivity index (χ3v) is 3.58. The molecule has 132 valence electrons. The van der Waals surface area contributed by atoms with Crippen LogP contribution in [-0.2, 0) is 0 Å². The van der Waals surface area contributed by atoms with Gasteiger partial charge in [0.25, 0.3) is 5.91 Å². The van der Waals surface area contributed by atoms with Crippen molar-refractivity contribution < 1.29 is 9.53 Å². The molecular weight excluding hydrogens is 330 g/mol. The Morgan fingerprint density at radius 3 is 2.85 bits per heavy atom. The van der Waals surface area contributed by atoms with Gasteiger partial charge in [0.05, 0.1) is 30.9 Å². The number of hydrogen-bond acceptors (Lipinski definition) is 6. The highest BCUT2D eigenvalue weighted by atomic mass is 16.5. The van der Waals surface area contributed by atoms with Gasteiger partial charge in [0.15, 0.2) is 0 Å². The van der Waals surface area contributed by atoms with Crippen LogP contribution in [0.3, 0.4) is 0 Å². The Morgan fingerprint density at radius 1 is 1.12 bits per heavy atom. The van der Waals surface area contributed by atoms with E-state index in [1.54, 1.807) is 36.8 Å². The summed E-state index contributed by atoms with van der Waals surface area (Å²) in [4.78, 5) is 24.5. The summed E-state index contributed by atoms with van der Waals surface area (Å²) in [5.74, 6) is 0.908. The molecular formula is C19H19N5O2. The van der Waals surface area contributed by atoms with Crippen LogP contribution in [0.2, 0.25) is 0 Å². The Kier molecular flexibility index (Phi) is 5.72. The molecule has 1 aromatic carbocycles.